The molecule has 3 N–H and O–H groups in total. The molecule has 0 spiro atoms. The summed E-state index contributed by atoms with van der Waals surface area (Å²) in [6.45, 7) is 0.342. The normalized spacial score (nSPS) is 10.0. The Morgan fingerprint density at radius 1 is 1.29 bits per heavy atom. The molecule has 0 fully saturated rings. The Bertz CT molecular complexity index is 644. The van der Waals surface area contributed by atoms with Crippen molar-refractivity contribution in [1.82, 2.24) is 10.3 Å². The van der Waals surface area contributed by atoms with Crippen molar-refractivity contribution < 1.29 is 14.3 Å². The lowest BCUT2D eigenvalue weighted by Gasteiger charge is -2.11. The van der Waals surface area contributed by atoms with Crippen molar-refractivity contribution in [2.45, 2.75) is 6.54 Å². The van der Waals surface area contributed by atoms with Crippen LogP contribution in [0.25, 0.3) is 0 Å². The van der Waals surface area contributed by atoms with E-state index in [0.29, 0.717) is 29.4 Å². The number of nitrogens with two attached hydrogens (primary N) is 1. The van der Waals surface area contributed by atoms with Crippen molar-refractivity contribution in [3.63, 3.8) is 0 Å². The van der Waals surface area contributed by atoms with E-state index < -0.39 is 0 Å². The number of nitrogens with one attached hydrogen (secondary N) is 1. The summed E-state index contributed by atoms with van der Waals surface area (Å²) in [7, 11) is 3.04. The molecule has 0 atom stereocenters. The highest BCUT2D eigenvalue weighted by Crippen LogP contribution is 2.23. The minimum atomic E-state index is -0.291. The maximum Gasteiger partial charge on any atom is 0.257 e. The van der Waals surface area contributed by atoms with Crippen LogP contribution in [-0.2, 0) is 6.54 Å². The van der Waals surface area contributed by atoms with E-state index in [1.807, 2.05) is 0 Å². The molecule has 2 rings (SSSR count). The molecule has 6 heteroatoms. The van der Waals surface area contributed by atoms with Gasteiger partial charge in [0.25, 0.3) is 5.91 Å². The Morgan fingerprint density at radius 2 is 2.10 bits per heavy atom. The van der Waals surface area contributed by atoms with Crippen LogP contribution in [-0.4, -0.2) is 25.1 Å². The number of pyridine rings is 1. The maximum atomic E-state index is 12.3. The number of rotatable bonds is 5. The number of ether oxygens (including phenoxy) is 2. The van der Waals surface area contributed by atoms with Gasteiger partial charge in [-0.2, -0.15) is 0 Å². The summed E-state index contributed by atoms with van der Waals surface area (Å²) in [6, 6.07) is 8.65. The Balaban J connectivity index is 2.12. The highest BCUT2D eigenvalue weighted by atomic mass is 16.5. The van der Waals surface area contributed by atoms with Gasteiger partial charge in [-0.1, -0.05) is 6.07 Å². The molecule has 0 bridgehead atoms. The lowest BCUT2D eigenvalue weighted by molar-refractivity contribution is 0.0948. The van der Waals surface area contributed by atoms with Gasteiger partial charge in [0.1, 0.15) is 11.3 Å². The molecule has 1 aromatic heterocycles. The molecule has 2 aromatic rings. The van der Waals surface area contributed by atoms with Gasteiger partial charge < -0.3 is 20.5 Å². The van der Waals surface area contributed by atoms with Crippen LogP contribution in [0, 0.1) is 0 Å². The Morgan fingerprint density at radius 3 is 2.81 bits per heavy atom. The fraction of sp³-hybridized carbons (Fsp3) is 0.200. The SMILES string of the molecule is COc1cc(CNC(=O)c2c(N)cccc2OC)ccn1. The zero-order valence-corrected chi connectivity index (χ0v) is 11.9. The maximum absolute atomic E-state index is 12.3. The number of nitrogens with zero attached hydrogens (tertiary/aromatic N) is 1. The summed E-state index contributed by atoms with van der Waals surface area (Å²) < 4.78 is 10.2. The number of benzene rings is 1. The zero-order chi connectivity index (χ0) is 15.2. The van der Waals surface area contributed by atoms with Crippen LogP contribution in [0.4, 0.5) is 5.69 Å². The van der Waals surface area contributed by atoms with Crippen LogP contribution in [0.1, 0.15) is 15.9 Å². The molecule has 21 heavy (non-hydrogen) atoms. The van der Waals surface area contributed by atoms with Crippen LogP contribution in [0.3, 0.4) is 0 Å². The van der Waals surface area contributed by atoms with Crippen LogP contribution in [0.15, 0.2) is 36.5 Å². The smallest absolute Gasteiger partial charge is 0.257 e. The van der Waals surface area contributed by atoms with Crippen molar-refractivity contribution in [2.24, 2.45) is 0 Å². The number of amides is 1. The first-order valence-corrected chi connectivity index (χ1v) is 6.35. The van der Waals surface area contributed by atoms with Gasteiger partial charge in [-0.3, -0.25) is 4.79 Å². The number of carbonyl (C=O) groups is 1. The second kappa shape index (κ2) is 6.60. The molecule has 0 unspecified atom stereocenters. The van der Waals surface area contributed by atoms with Gasteiger partial charge in [-0.25, -0.2) is 4.98 Å². The average molecular weight is 287 g/mol. The van der Waals surface area contributed by atoms with Gasteiger partial charge in [0.05, 0.1) is 14.2 Å². The number of hydrogen-bond donors (Lipinski definition) is 2. The number of methoxy groups -OCH3 is 2. The third-order valence-corrected chi connectivity index (χ3v) is 2.97. The first kappa shape index (κ1) is 14.6. The number of hydrogen-bond acceptors (Lipinski definition) is 5. The lowest BCUT2D eigenvalue weighted by atomic mass is 10.1. The predicted octanol–water partition coefficient (Wildman–Crippen LogP) is 1.61. The molecule has 0 saturated heterocycles. The van der Waals surface area contributed by atoms with Crippen molar-refractivity contribution in [3.05, 3.63) is 47.7 Å². The average Bonchev–Trinajstić information content (AvgIpc) is 2.52. The molecule has 0 radical (unpaired) electrons. The summed E-state index contributed by atoms with van der Waals surface area (Å²) in [5.74, 6) is 0.652. The minimum absolute atomic E-state index is 0.291. The summed E-state index contributed by atoms with van der Waals surface area (Å²) in [4.78, 5) is 16.3. The predicted molar refractivity (Wildman–Crippen MR) is 79.4 cm³/mol. The van der Waals surface area contributed by atoms with Crippen molar-refractivity contribution in [1.29, 1.82) is 0 Å². The van der Waals surface area contributed by atoms with Gasteiger partial charge in [-0.05, 0) is 23.8 Å². The summed E-state index contributed by atoms with van der Waals surface area (Å²) in [6.07, 6.45) is 1.62. The number of anilines is 1. The molecule has 1 aromatic carbocycles. The Hall–Kier alpha value is -2.76. The number of aromatic nitrogens is 1. The van der Waals surface area contributed by atoms with Gasteiger partial charge in [-0.15, -0.1) is 0 Å². The van der Waals surface area contributed by atoms with Gasteiger partial charge >= 0.3 is 0 Å². The number of carbonyl (C=O) groups excluding carboxylic acids is 1. The highest BCUT2D eigenvalue weighted by Gasteiger charge is 2.15. The van der Waals surface area contributed by atoms with E-state index in [-0.39, 0.29) is 5.91 Å². The standard InChI is InChI=1S/C15H17N3O3/c1-20-12-5-3-4-11(16)14(12)15(19)18-9-10-6-7-17-13(8-10)21-2/h3-8H,9,16H2,1-2H3,(H,18,19). The highest BCUT2D eigenvalue weighted by molar-refractivity contribution is 6.01. The van der Waals surface area contributed by atoms with Gasteiger partial charge in [0, 0.05) is 24.5 Å². The first-order chi connectivity index (χ1) is 10.2. The first-order valence-electron chi connectivity index (χ1n) is 6.35. The Kier molecular flexibility index (Phi) is 4.61. The lowest BCUT2D eigenvalue weighted by Crippen LogP contribution is -2.24. The van der Waals surface area contributed by atoms with E-state index in [4.69, 9.17) is 15.2 Å². The van der Waals surface area contributed by atoms with Crippen molar-refractivity contribution in [2.75, 3.05) is 20.0 Å². The van der Waals surface area contributed by atoms with Crippen LogP contribution >= 0.6 is 0 Å². The second-order valence-corrected chi connectivity index (χ2v) is 4.31. The molecule has 110 valence electrons. The minimum Gasteiger partial charge on any atom is -0.496 e. The molecular weight excluding hydrogens is 270 g/mol. The van der Waals surface area contributed by atoms with E-state index in [9.17, 15) is 4.79 Å². The fourth-order valence-corrected chi connectivity index (χ4v) is 1.90. The summed E-state index contributed by atoms with van der Waals surface area (Å²) in [5.41, 5.74) is 7.43. The largest absolute Gasteiger partial charge is 0.496 e. The molecule has 0 aliphatic rings. The molecule has 0 aliphatic carbocycles. The van der Waals surface area contributed by atoms with Crippen LogP contribution in [0.5, 0.6) is 11.6 Å². The molecular formula is C15H17N3O3. The molecule has 1 amide bonds. The molecule has 1 heterocycles. The summed E-state index contributed by atoms with van der Waals surface area (Å²) >= 11 is 0. The van der Waals surface area contributed by atoms with E-state index in [0.717, 1.165) is 5.56 Å². The van der Waals surface area contributed by atoms with Gasteiger partial charge in [0.2, 0.25) is 5.88 Å². The van der Waals surface area contributed by atoms with Gasteiger partial charge in [0.15, 0.2) is 0 Å². The van der Waals surface area contributed by atoms with E-state index in [2.05, 4.69) is 10.3 Å². The fourth-order valence-electron chi connectivity index (χ4n) is 1.90. The summed E-state index contributed by atoms with van der Waals surface area (Å²) in [5, 5.41) is 2.80. The van der Waals surface area contributed by atoms with E-state index >= 15 is 0 Å². The monoisotopic (exact) mass is 287 g/mol. The molecule has 6 nitrogen and oxygen atoms in total. The number of nitrogen functional groups attached to an aromatic ring is 1. The zero-order valence-electron chi connectivity index (χ0n) is 11.9. The van der Waals surface area contributed by atoms with Crippen LogP contribution in [0.2, 0.25) is 0 Å². The van der Waals surface area contributed by atoms with E-state index in [1.165, 1.54) is 7.11 Å². The Labute approximate surface area is 122 Å². The van der Waals surface area contributed by atoms with Crippen LogP contribution < -0.4 is 20.5 Å². The third-order valence-electron chi connectivity index (χ3n) is 2.97. The topological polar surface area (TPSA) is 86.5 Å². The molecule has 0 saturated carbocycles. The quantitative estimate of drug-likeness (QED) is 0.816. The molecule has 0 aliphatic heterocycles. The van der Waals surface area contributed by atoms with E-state index in [1.54, 1.807) is 43.6 Å². The van der Waals surface area contributed by atoms with Crippen molar-refractivity contribution >= 4 is 11.6 Å². The third kappa shape index (κ3) is 3.42. The van der Waals surface area contributed by atoms with Crippen molar-refractivity contribution in [3.8, 4) is 11.6 Å². The second-order valence-electron chi connectivity index (χ2n) is 4.31.